The predicted molar refractivity (Wildman–Crippen MR) is 91.4 cm³/mol. The van der Waals surface area contributed by atoms with Gasteiger partial charge in [0.2, 0.25) is 11.8 Å². The first-order valence-electron chi connectivity index (χ1n) is 9.02. The van der Waals surface area contributed by atoms with Gasteiger partial charge in [0.25, 0.3) is 0 Å². The highest BCUT2D eigenvalue weighted by Gasteiger charge is 2.31. The molecule has 136 valence electrons. The lowest BCUT2D eigenvalue weighted by molar-refractivity contribution is -0.144. The molecule has 5 nitrogen and oxygen atoms in total. The van der Waals surface area contributed by atoms with E-state index in [1.807, 2.05) is 11.0 Å². The molecule has 1 aromatic rings. The Morgan fingerprint density at radius 2 is 1.96 bits per heavy atom. The molecule has 2 amide bonds. The van der Waals surface area contributed by atoms with Crippen LogP contribution < -0.4 is 0 Å². The van der Waals surface area contributed by atoms with Gasteiger partial charge >= 0.3 is 0 Å². The van der Waals surface area contributed by atoms with Gasteiger partial charge in [-0.05, 0) is 37.0 Å². The van der Waals surface area contributed by atoms with Crippen LogP contribution in [0.15, 0.2) is 24.3 Å². The summed E-state index contributed by atoms with van der Waals surface area (Å²) in [6, 6.07) is 6.36. The number of amides is 2. The van der Waals surface area contributed by atoms with Crippen molar-refractivity contribution < 1.29 is 18.7 Å². The van der Waals surface area contributed by atoms with E-state index in [4.69, 9.17) is 4.74 Å². The quantitative estimate of drug-likeness (QED) is 0.834. The van der Waals surface area contributed by atoms with Gasteiger partial charge in [-0.25, -0.2) is 4.39 Å². The maximum atomic E-state index is 13.2. The number of nitrogens with zero attached hydrogens (tertiary/aromatic N) is 2. The largest absolute Gasteiger partial charge is 0.378 e. The minimum Gasteiger partial charge on any atom is -0.378 e. The summed E-state index contributed by atoms with van der Waals surface area (Å²) in [5.41, 5.74) is 0.825. The van der Waals surface area contributed by atoms with Gasteiger partial charge < -0.3 is 14.5 Å². The van der Waals surface area contributed by atoms with Crippen LogP contribution in [0, 0.1) is 11.7 Å². The summed E-state index contributed by atoms with van der Waals surface area (Å²) in [5.74, 6) is -0.196. The Hall–Kier alpha value is -1.95. The smallest absolute Gasteiger partial charge is 0.227 e. The van der Waals surface area contributed by atoms with Crippen LogP contribution in [-0.4, -0.2) is 61.0 Å². The van der Waals surface area contributed by atoms with E-state index in [1.54, 1.807) is 11.0 Å². The molecule has 2 aliphatic heterocycles. The van der Waals surface area contributed by atoms with Crippen molar-refractivity contribution in [3.05, 3.63) is 35.6 Å². The van der Waals surface area contributed by atoms with Crippen LogP contribution in [-0.2, 0) is 20.7 Å². The van der Waals surface area contributed by atoms with Crippen LogP contribution >= 0.6 is 0 Å². The standard InChI is InChI=1S/C19H25FN2O3/c20-17-5-1-3-15(13-17)6-7-18(23)22-8-2-4-16(14-22)19(24)21-9-11-25-12-10-21/h1,3,5,13,16H,2,4,6-12,14H2. The number of halogens is 1. The van der Waals surface area contributed by atoms with Crippen molar-refractivity contribution in [2.24, 2.45) is 5.92 Å². The minimum absolute atomic E-state index is 0.0451. The second-order valence-electron chi connectivity index (χ2n) is 6.75. The van der Waals surface area contributed by atoms with Gasteiger partial charge in [-0.15, -0.1) is 0 Å². The Bertz CT molecular complexity index is 616. The van der Waals surface area contributed by atoms with Crippen LogP contribution in [0.4, 0.5) is 4.39 Å². The molecule has 0 aliphatic carbocycles. The molecule has 1 unspecified atom stereocenters. The van der Waals surface area contributed by atoms with E-state index >= 15 is 0 Å². The van der Waals surface area contributed by atoms with E-state index in [0.717, 1.165) is 18.4 Å². The summed E-state index contributed by atoms with van der Waals surface area (Å²) >= 11 is 0. The highest BCUT2D eigenvalue weighted by Crippen LogP contribution is 2.20. The molecule has 0 bridgehead atoms. The monoisotopic (exact) mass is 348 g/mol. The van der Waals surface area contributed by atoms with Gasteiger partial charge in [0.1, 0.15) is 5.82 Å². The number of benzene rings is 1. The average molecular weight is 348 g/mol. The van der Waals surface area contributed by atoms with Gasteiger partial charge in [0.15, 0.2) is 0 Å². The maximum Gasteiger partial charge on any atom is 0.227 e. The summed E-state index contributed by atoms with van der Waals surface area (Å²) in [7, 11) is 0. The zero-order valence-electron chi connectivity index (χ0n) is 14.5. The van der Waals surface area contributed by atoms with Crippen molar-refractivity contribution >= 4 is 11.8 Å². The summed E-state index contributed by atoms with van der Waals surface area (Å²) in [6.07, 6.45) is 2.56. The molecule has 2 aliphatic rings. The van der Waals surface area contributed by atoms with Gasteiger partial charge in [-0.1, -0.05) is 12.1 Å². The fourth-order valence-electron chi connectivity index (χ4n) is 3.55. The second-order valence-corrected chi connectivity index (χ2v) is 6.75. The van der Waals surface area contributed by atoms with E-state index in [9.17, 15) is 14.0 Å². The molecule has 0 aromatic heterocycles. The first kappa shape index (κ1) is 17.9. The Morgan fingerprint density at radius 3 is 2.72 bits per heavy atom. The van der Waals surface area contributed by atoms with E-state index < -0.39 is 0 Å². The molecular formula is C19H25FN2O3. The molecule has 2 fully saturated rings. The molecule has 1 aromatic carbocycles. The third kappa shape index (κ3) is 4.78. The summed E-state index contributed by atoms with van der Waals surface area (Å²) < 4.78 is 18.5. The molecule has 1 atom stereocenters. The predicted octanol–water partition coefficient (Wildman–Crippen LogP) is 1.86. The number of hydrogen-bond donors (Lipinski definition) is 0. The first-order chi connectivity index (χ1) is 12.1. The fraction of sp³-hybridized carbons (Fsp3) is 0.579. The van der Waals surface area contributed by atoms with Crippen LogP contribution in [0.3, 0.4) is 0 Å². The number of hydrogen-bond acceptors (Lipinski definition) is 3. The zero-order valence-corrected chi connectivity index (χ0v) is 14.5. The maximum absolute atomic E-state index is 13.2. The van der Waals surface area contributed by atoms with Crippen LogP contribution in [0.1, 0.15) is 24.8 Å². The Morgan fingerprint density at radius 1 is 1.16 bits per heavy atom. The molecule has 6 heteroatoms. The minimum atomic E-state index is -0.279. The lowest BCUT2D eigenvalue weighted by atomic mass is 9.95. The summed E-state index contributed by atoms with van der Waals surface area (Å²) in [4.78, 5) is 28.8. The highest BCUT2D eigenvalue weighted by molar-refractivity contribution is 5.81. The van der Waals surface area contributed by atoms with Crippen molar-refractivity contribution in [2.45, 2.75) is 25.7 Å². The molecule has 0 spiro atoms. The third-order valence-corrected chi connectivity index (χ3v) is 4.96. The number of likely N-dealkylation sites (tertiary alicyclic amines) is 1. The van der Waals surface area contributed by atoms with Gasteiger partial charge in [-0.2, -0.15) is 0 Å². The molecule has 3 rings (SSSR count). The van der Waals surface area contributed by atoms with Crippen molar-refractivity contribution in [3.8, 4) is 0 Å². The number of carbonyl (C=O) groups excluding carboxylic acids is 2. The SMILES string of the molecule is O=C(CCc1cccc(F)c1)N1CCCC(C(=O)N2CCOCC2)C1. The van der Waals surface area contributed by atoms with E-state index in [-0.39, 0.29) is 23.5 Å². The zero-order chi connectivity index (χ0) is 17.6. The average Bonchev–Trinajstić information content (AvgIpc) is 2.66. The number of aryl methyl sites for hydroxylation is 1. The molecule has 25 heavy (non-hydrogen) atoms. The Labute approximate surface area is 147 Å². The van der Waals surface area contributed by atoms with Crippen molar-refractivity contribution in [1.29, 1.82) is 0 Å². The number of ether oxygens (including phenoxy) is 1. The number of piperidine rings is 1. The number of rotatable bonds is 4. The van der Waals surface area contributed by atoms with Gasteiger partial charge in [0.05, 0.1) is 19.1 Å². The van der Waals surface area contributed by atoms with E-state index in [1.165, 1.54) is 12.1 Å². The molecule has 2 saturated heterocycles. The second kappa shape index (κ2) is 8.43. The molecular weight excluding hydrogens is 323 g/mol. The third-order valence-electron chi connectivity index (χ3n) is 4.96. The molecule has 0 radical (unpaired) electrons. The van der Waals surface area contributed by atoms with Crippen molar-refractivity contribution in [1.82, 2.24) is 9.80 Å². The van der Waals surface area contributed by atoms with Crippen molar-refractivity contribution in [3.63, 3.8) is 0 Å². The lowest BCUT2D eigenvalue weighted by Crippen LogP contribution is -2.49. The molecule has 2 heterocycles. The summed E-state index contributed by atoms with van der Waals surface area (Å²) in [6.45, 7) is 3.67. The van der Waals surface area contributed by atoms with Crippen LogP contribution in [0.5, 0.6) is 0 Å². The number of morpholine rings is 1. The summed E-state index contributed by atoms with van der Waals surface area (Å²) in [5, 5.41) is 0. The Balaban J connectivity index is 1.51. The Kier molecular flexibility index (Phi) is 6.02. The van der Waals surface area contributed by atoms with Crippen molar-refractivity contribution in [2.75, 3.05) is 39.4 Å². The number of carbonyl (C=O) groups is 2. The lowest BCUT2D eigenvalue weighted by Gasteiger charge is -2.36. The van der Waals surface area contributed by atoms with Gasteiger partial charge in [-0.3, -0.25) is 9.59 Å². The fourth-order valence-corrected chi connectivity index (χ4v) is 3.55. The van der Waals surface area contributed by atoms with Crippen LogP contribution in [0.2, 0.25) is 0 Å². The van der Waals surface area contributed by atoms with Crippen LogP contribution in [0.25, 0.3) is 0 Å². The highest BCUT2D eigenvalue weighted by atomic mass is 19.1. The molecule has 0 N–H and O–H groups in total. The van der Waals surface area contributed by atoms with Gasteiger partial charge in [0, 0.05) is 32.6 Å². The topological polar surface area (TPSA) is 49.9 Å². The first-order valence-corrected chi connectivity index (χ1v) is 9.02. The molecule has 0 saturated carbocycles. The normalized spacial score (nSPS) is 21.2. The van der Waals surface area contributed by atoms with E-state index in [0.29, 0.717) is 52.2 Å². The van der Waals surface area contributed by atoms with E-state index in [2.05, 4.69) is 0 Å².